The van der Waals surface area contributed by atoms with Gasteiger partial charge in [-0.2, -0.15) is 15.3 Å². The summed E-state index contributed by atoms with van der Waals surface area (Å²) in [5.41, 5.74) is 11.3. The van der Waals surface area contributed by atoms with E-state index in [2.05, 4.69) is 20.3 Å². The standard InChI is InChI=1S/C22H23N9O/c1-28-9-7-16(26-28)18-12-15(21-22(23)24-13-25-31(18)21)14-5-6-17(19(11-14)32-4)30(3)20-8-10-29(2)27-20/h5-13H,1-4H3,(H2,23,24,25). The van der Waals surface area contributed by atoms with Crippen LogP contribution in [0.25, 0.3) is 28.0 Å². The van der Waals surface area contributed by atoms with Crippen LogP contribution in [0.3, 0.4) is 0 Å². The van der Waals surface area contributed by atoms with E-state index in [4.69, 9.17) is 10.5 Å². The van der Waals surface area contributed by atoms with Crippen molar-refractivity contribution in [3.63, 3.8) is 0 Å². The van der Waals surface area contributed by atoms with Crippen molar-refractivity contribution in [2.75, 3.05) is 24.8 Å². The number of hydrogen-bond acceptors (Lipinski definition) is 7. The van der Waals surface area contributed by atoms with Crippen LogP contribution >= 0.6 is 0 Å². The van der Waals surface area contributed by atoms with Gasteiger partial charge in [0, 0.05) is 45.2 Å². The molecular weight excluding hydrogens is 406 g/mol. The van der Waals surface area contributed by atoms with Crippen molar-refractivity contribution in [2.24, 2.45) is 14.1 Å². The van der Waals surface area contributed by atoms with Gasteiger partial charge in [-0.3, -0.25) is 9.36 Å². The number of anilines is 3. The summed E-state index contributed by atoms with van der Waals surface area (Å²) in [7, 11) is 7.38. The van der Waals surface area contributed by atoms with Crippen molar-refractivity contribution in [3.05, 3.63) is 55.1 Å². The third-order valence-corrected chi connectivity index (χ3v) is 5.45. The van der Waals surface area contributed by atoms with Crippen LogP contribution in [-0.2, 0) is 14.1 Å². The van der Waals surface area contributed by atoms with Crippen LogP contribution in [0.5, 0.6) is 5.75 Å². The second-order valence-electron chi connectivity index (χ2n) is 7.52. The third kappa shape index (κ3) is 3.13. The maximum Gasteiger partial charge on any atom is 0.154 e. The van der Waals surface area contributed by atoms with Gasteiger partial charge in [0.05, 0.1) is 18.5 Å². The number of benzene rings is 1. The van der Waals surface area contributed by atoms with E-state index in [9.17, 15) is 0 Å². The van der Waals surface area contributed by atoms with E-state index >= 15 is 0 Å². The molecule has 5 aromatic rings. The van der Waals surface area contributed by atoms with E-state index in [0.29, 0.717) is 11.6 Å². The fraction of sp³-hybridized carbons (Fsp3) is 0.182. The number of aryl methyl sites for hydroxylation is 2. The fourth-order valence-corrected chi connectivity index (χ4v) is 3.85. The van der Waals surface area contributed by atoms with Gasteiger partial charge in [0.2, 0.25) is 0 Å². The molecule has 0 atom stereocenters. The first-order chi connectivity index (χ1) is 15.5. The van der Waals surface area contributed by atoms with Gasteiger partial charge in [-0.25, -0.2) is 9.50 Å². The quantitative estimate of drug-likeness (QED) is 0.458. The Hall–Kier alpha value is -4.34. The molecule has 0 amide bonds. The van der Waals surface area contributed by atoms with E-state index in [1.807, 2.05) is 74.8 Å². The first-order valence-corrected chi connectivity index (χ1v) is 10.0. The van der Waals surface area contributed by atoms with Gasteiger partial charge in [0.15, 0.2) is 11.6 Å². The number of nitrogens with zero attached hydrogens (tertiary/aromatic N) is 8. The van der Waals surface area contributed by atoms with E-state index < -0.39 is 0 Å². The van der Waals surface area contributed by atoms with Crippen LogP contribution in [0, 0.1) is 0 Å². The molecule has 0 aliphatic heterocycles. The molecule has 5 rings (SSSR count). The highest BCUT2D eigenvalue weighted by molar-refractivity contribution is 5.92. The number of nitrogen functional groups attached to an aromatic ring is 1. The molecule has 0 bridgehead atoms. The minimum atomic E-state index is 0.394. The average molecular weight is 429 g/mol. The third-order valence-electron chi connectivity index (χ3n) is 5.45. The minimum Gasteiger partial charge on any atom is -0.495 e. The van der Waals surface area contributed by atoms with Gasteiger partial charge in [-0.05, 0) is 29.8 Å². The monoisotopic (exact) mass is 429 g/mol. The zero-order valence-corrected chi connectivity index (χ0v) is 18.3. The summed E-state index contributed by atoms with van der Waals surface area (Å²) in [5, 5.41) is 13.4. The number of fused-ring (bicyclic) bond motifs is 1. The van der Waals surface area contributed by atoms with E-state index in [0.717, 1.165) is 39.5 Å². The maximum atomic E-state index is 6.27. The molecule has 4 heterocycles. The Balaban J connectivity index is 1.66. The highest BCUT2D eigenvalue weighted by Crippen LogP contribution is 2.39. The van der Waals surface area contributed by atoms with E-state index in [-0.39, 0.29) is 0 Å². The van der Waals surface area contributed by atoms with Crippen molar-refractivity contribution < 1.29 is 4.74 Å². The highest BCUT2D eigenvalue weighted by Gasteiger charge is 2.20. The molecule has 10 nitrogen and oxygen atoms in total. The molecule has 162 valence electrons. The summed E-state index contributed by atoms with van der Waals surface area (Å²) >= 11 is 0. The molecule has 1 aromatic carbocycles. The zero-order valence-electron chi connectivity index (χ0n) is 18.3. The second-order valence-corrected chi connectivity index (χ2v) is 7.52. The largest absolute Gasteiger partial charge is 0.495 e. The van der Waals surface area contributed by atoms with Gasteiger partial charge in [0.25, 0.3) is 0 Å². The highest BCUT2D eigenvalue weighted by atomic mass is 16.5. The van der Waals surface area contributed by atoms with Gasteiger partial charge in [-0.15, -0.1) is 0 Å². The Morgan fingerprint density at radius 3 is 2.47 bits per heavy atom. The summed E-state index contributed by atoms with van der Waals surface area (Å²) in [6.45, 7) is 0. The number of hydrogen-bond donors (Lipinski definition) is 1. The molecule has 2 N–H and O–H groups in total. The van der Waals surface area contributed by atoms with Crippen LogP contribution in [0.1, 0.15) is 0 Å². The number of nitrogens with two attached hydrogens (primary N) is 1. The SMILES string of the molecule is COc1cc(-c2cc(-c3ccn(C)n3)n3ncnc(N)c23)ccc1N(C)c1ccn(C)n1. The molecule has 0 unspecified atom stereocenters. The van der Waals surface area contributed by atoms with Crippen molar-refractivity contribution >= 4 is 22.8 Å². The maximum absolute atomic E-state index is 6.27. The predicted molar refractivity (Wildman–Crippen MR) is 123 cm³/mol. The van der Waals surface area contributed by atoms with Gasteiger partial charge < -0.3 is 15.4 Å². The van der Waals surface area contributed by atoms with Crippen molar-refractivity contribution in [1.29, 1.82) is 0 Å². The Labute approximate surface area is 184 Å². The minimum absolute atomic E-state index is 0.394. The lowest BCUT2D eigenvalue weighted by Gasteiger charge is -2.20. The molecule has 0 aliphatic carbocycles. The van der Waals surface area contributed by atoms with Crippen LogP contribution in [0.15, 0.2) is 55.1 Å². The second kappa shape index (κ2) is 7.41. The summed E-state index contributed by atoms with van der Waals surface area (Å²) in [4.78, 5) is 6.19. The number of rotatable bonds is 5. The molecule has 0 saturated heterocycles. The Bertz CT molecular complexity index is 1430. The van der Waals surface area contributed by atoms with Crippen LogP contribution < -0.4 is 15.4 Å². The molecule has 0 fully saturated rings. The average Bonchev–Trinajstić information content (AvgIpc) is 3.51. The summed E-state index contributed by atoms with van der Waals surface area (Å²) in [6.07, 6.45) is 5.25. The Morgan fingerprint density at radius 2 is 1.78 bits per heavy atom. The molecule has 0 radical (unpaired) electrons. The first-order valence-electron chi connectivity index (χ1n) is 10.0. The molecule has 32 heavy (non-hydrogen) atoms. The van der Waals surface area contributed by atoms with Crippen LogP contribution in [0.4, 0.5) is 17.3 Å². The predicted octanol–water partition coefficient (Wildman–Crippen LogP) is 2.89. The smallest absolute Gasteiger partial charge is 0.154 e. The summed E-state index contributed by atoms with van der Waals surface area (Å²) in [5.74, 6) is 1.93. The topological polar surface area (TPSA) is 104 Å². The Kier molecular flexibility index (Phi) is 4.54. The van der Waals surface area contributed by atoms with Crippen molar-refractivity contribution in [2.45, 2.75) is 0 Å². The Morgan fingerprint density at radius 1 is 1.00 bits per heavy atom. The lowest BCUT2D eigenvalue weighted by molar-refractivity contribution is 0.416. The number of methoxy groups -OCH3 is 1. The van der Waals surface area contributed by atoms with Crippen LogP contribution in [0.2, 0.25) is 0 Å². The fourth-order valence-electron chi connectivity index (χ4n) is 3.85. The van der Waals surface area contributed by atoms with E-state index in [1.165, 1.54) is 6.33 Å². The lowest BCUT2D eigenvalue weighted by Crippen LogP contribution is -2.11. The molecule has 10 heteroatoms. The first kappa shape index (κ1) is 19.6. The summed E-state index contributed by atoms with van der Waals surface area (Å²) < 4.78 is 11.0. The zero-order chi connectivity index (χ0) is 22.4. The van der Waals surface area contributed by atoms with Gasteiger partial charge in [0.1, 0.15) is 23.3 Å². The van der Waals surface area contributed by atoms with Crippen molar-refractivity contribution in [3.8, 4) is 28.3 Å². The molecule has 0 spiro atoms. The van der Waals surface area contributed by atoms with Gasteiger partial charge in [-0.1, -0.05) is 6.07 Å². The molecular formula is C22H23N9O. The van der Waals surface area contributed by atoms with E-state index in [1.54, 1.807) is 21.0 Å². The molecule has 0 saturated carbocycles. The normalized spacial score (nSPS) is 11.2. The van der Waals surface area contributed by atoms with Gasteiger partial charge >= 0.3 is 0 Å². The van der Waals surface area contributed by atoms with Crippen molar-refractivity contribution in [1.82, 2.24) is 34.2 Å². The molecule has 0 aliphatic rings. The molecule has 4 aromatic heterocycles. The summed E-state index contributed by atoms with van der Waals surface area (Å²) in [6, 6.07) is 11.9. The van der Waals surface area contributed by atoms with Crippen LogP contribution in [-0.4, -0.2) is 48.3 Å². The number of aromatic nitrogens is 7. The lowest BCUT2D eigenvalue weighted by atomic mass is 10.0. The number of ether oxygens (including phenoxy) is 1.